The molecule has 7 heteroatoms. The smallest absolute Gasteiger partial charge is 0.327 e. The number of sulfonamides is 1. The van der Waals surface area contributed by atoms with Crippen molar-refractivity contribution in [3.05, 3.63) is 24.3 Å². The van der Waals surface area contributed by atoms with Gasteiger partial charge in [-0.25, -0.2) is 13.2 Å². The van der Waals surface area contributed by atoms with E-state index in [-0.39, 0.29) is 5.69 Å². The maximum Gasteiger partial charge on any atom is 0.327 e. The molecule has 1 atom stereocenters. The third-order valence-electron chi connectivity index (χ3n) is 2.39. The van der Waals surface area contributed by atoms with Crippen molar-refractivity contribution in [1.29, 1.82) is 0 Å². The van der Waals surface area contributed by atoms with Gasteiger partial charge >= 0.3 is 5.97 Å². The molecule has 0 heterocycles. The fourth-order valence-electron chi connectivity index (χ4n) is 1.53. The minimum atomic E-state index is -3.67. The Morgan fingerprint density at radius 1 is 1.33 bits per heavy atom. The number of aliphatic carboxylic acids is 1. The maximum absolute atomic E-state index is 11.7. The Kier molecular flexibility index (Phi) is 4.18. The summed E-state index contributed by atoms with van der Waals surface area (Å²) in [6.45, 7) is 1.31. The Morgan fingerprint density at radius 3 is 2.17 bits per heavy atom. The number of carboxylic acid groups (broad SMARTS) is 1. The van der Waals surface area contributed by atoms with Crippen molar-refractivity contribution in [3.8, 4) is 5.75 Å². The largest absolute Gasteiger partial charge is 0.497 e. The summed E-state index contributed by atoms with van der Waals surface area (Å²) in [7, 11) is -2.18. The van der Waals surface area contributed by atoms with E-state index in [0.717, 1.165) is 10.6 Å². The molecule has 0 aliphatic rings. The average Bonchev–Trinajstić information content (AvgIpc) is 2.28. The number of rotatable bonds is 5. The van der Waals surface area contributed by atoms with Gasteiger partial charge in [0.2, 0.25) is 10.0 Å². The molecule has 0 radical (unpaired) electrons. The molecule has 1 aromatic carbocycles. The number of benzene rings is 1. The predicted octanol–water partition coefficient (Wildman–Crippen LogP) is 0.934. The van der Waals surface area contributed by atoms with E-state index in [1.807, 2.05) is 0 Å². The van der Waals surface area contributed by atoms with Gasteiger partial charge in [0.1, 0.15) is 11.8 Å². The second-order valence-corrected chi connectivity index (χ2v) is 5.63. The van der Waals surface area contributed by atoms with Gasteiger partial charge in [-0.2, -0.15) is 0 Å². The number of carboxylic acids is 1. The molecule has 0 spiro atoms. The number of carbonyl (C=O) groups is 1. The van der Waals surface area contributed by atoms with E-state index in [2.05, 4.69) is 0 Å². The molecule has 6 nitrogen and oxygen atoms in total. The van der Waals surface area contributed by atoms with Gasteiger partial charge in [-0.05, 0) is 31.2 Å². The van der Waals surface area contributed by atoms with E-state index in [4.69, 9.17) is 9.84 Å². The topological polar surface area (TPSA) is 83.9 Å². The van der Waals surface area contributed by atoms with E-state index in [0.29, 0.717) is 5.75 Å². The molecule has 0 aromatic heterocycles. The van der Waals surface area contributed by atoms with Crippen LogP contribution in [0.4, 0.5) is 5.69 Å². The van der Waals surface area contributed by atoms with Crippen LogP contribution in [0.25, 0.3) is 0 Å². The number of ether oxygens (including phenoxy) is 1. The second-order valence-electron chi connectivity index (χ2n) is 3.77. The van der Waals surface area contributed by atoms with E-state index in [1.165, 1.54) is 26.2 Å². The molecule has 0 unspecified atom stereocenters. The number of hydrogen-bond donors (Lipinski definition) is 1. The summed E-state index contributed by atoms with van der Waals surface area (Å²) in [5, 5.41) is 8.95. The fraction of sp³-hybridized carbons (Fsp3) is 0.364. The molecule has 0 saturated heterocycles. The monoisotopic (exact) mass is 273 g/mol. The summed E-state index contributed by atoms with van der Waals surface area (Å²) in [5.74, 6) is -0.647. The Hall–Kier alpha value is -1.76. The van der Waals surface area contributed by atoms with Crippen molar-refractivity contribution in [2.75, 3.05) is 17.7 Å². The molecular formula is C11H15NO5S. The van der Waals surface area contributed by atoms with Gasteiger partial charge in [0.05, 0.1) is 19.1 Å². The molecule has 1 rings (SSSR count). The molecule has 0 aliphatic carbocycles. The quantitative estimate of drug-likeness (QED) is 0.863. The fourth-order valence-corrected chi connectivity index (χ4v) is 2.70. The third-order valence-corrected chi connectivity index (χ3v) is 3.63. The standard InChI is InChI=1S/C11H15NO5S/c1-8(11(13)14)12(18(3,15)16)9-4-6-10(17-2)7-5-9/h4-8H,1-3H3,(H,13,14)/t8-/m1/s1. The Balaban J connectivity index is 3.22. The van der Waals surface area contributed by atoms with Crippen LogP contribution < -0.4 is 9.04 Å². The molecule has 0 amide bonds. The van der Waals surface area contributed by atoms with E-state index < -0.39 is 22.0 Å². The average molecular weight is 273 g/mol. The second kappa shape index (κ2) is 5.26. The van der Waals surface area contributed by atoms with Crippen LogP contribution in [-0.4, -0.2) is 38.9 Å². The van der Waals surface area contributed by atoms with Gasteiger partial charge < -0.3 is 9.84 Å². The van der Waals surface area contributed by atoms with Crippen LogP contribution in [-0.2, 0) is 14.8 Å². The SMILES string of the molecule is COc1ccc(N([C@H](C)C(=O)O)S(C)(=O)=O)cc1. The first-order valence-electron chi connectivity index (χ1n) is 5.13. The first-order valence-corrected chi connectivity index (χ1v) is 6.98. The van der Waals surface area contributed by atoms with E-state index in [9.17, 15) is 13.2 Å². The van der Waals surface area contributed by atoms with Crippen LogP contribution in [0.2, 0.25) is 0 Å². The summed E-state index contributed by atoms with van der Waals surface area (Å²) >= 11 is 0. The molecule has 1 N–H and O–H groups in total. The Labute approximate surface area is 106 Å². The van der Waals surface area contributed by atoms with Crippen molar-refractivity contribution >= 4 is 21.7 Å². The van der Waals surface area contributed by atoms with Gasteiger partial charge in [0, 0.05) is 0 Å². The van der Waals surface area contributed by atoms with Crippen LogP contribution in [0.5, 0.6) is 5.75 Å². The van der Waals surface area contributed by atoms with E-state index in [1.54, 1.807) is 12.1 Å². The maximum atomic E-state index is 11.7. The summed E-state index contributed by atoms with van der Waals surface area (Å²) in [6.07, 6.45) is 0.969. The summed E-state index contributed by atoms with van der Waals surface area (Å²) < 4.78 is 29.1. The third kappa shape index (κ3) is 3.13. The van der Waals surface area contributed by atoms with Crippen molar-refractivity contribution < 1.29 is 23.1 Å². The highest BCUT2D eigenvalue weighted by Gasteiger charge is 2.28. The zero-order valence-electron chi connectivity index (χ0n) is 10.3. The van der Waals surface area contributed by atoms with Gasteiger partial charge in [-0.3, -0.25) is 4.31 Å². The zero-order chi connectivity index (χ0) is 13.9. The molecule has 18 heavy (non-hydrogen) atoms. The van der Waals surface area contributed by atoms with Gasteiger partial charge in [0.15, 0.2) is 0 Å². The molecule has 0 fully saturated rings. The van der Waals surface area contributed by atoms with Crippen molar-refractivity contribution in [1.82, 2.24) is 0 Å². The molecule has 0 aliphatic heterocycles. The highest BCUT2D eigenvalue weighted by molar-refractivity contribution is 7.92. The Morgan fingerprint density at radius 2 is 1.83 bits per heavy atom. The van der Waals surface area contributed by atoms with Crippen LogP contribution in [0.15, 0.2) is 24.3 Å². The van der Waals surface area contributed by atoms with Crippen molar-refractivity contribution in [2.24, 2.45) is 0 Å². The lowest BCUT2D eigenvalue weighted by molar-refractivity contribution is -0.137. The van der Waals surface area contributed by atoms with Crippen molar-refractivity contribution in [3.63, 3.8) is 0 Å². The minimum Gasteiger partial charge on any atom is -0.497 e. The van der Waals surface area contributed by atoms with Crippen LogP contribution in [0.3, 0.4) is 0 Å². The highest BCUT2D eigenvalue weighted by atomic mass is 32.2. The first kappa shape index (κ1) is 14.3. The molecular weight excluding hydrogens is 258 g/mol. The predicted molar refractivity (Wildman–Crippen MR) is 67.4 cm³/mol. The number of nitrogens with zero attached hydrogens (tertiary/aromatic N) is 1. The molecule has 0 saturated carbocycles. The summed E-state index contributed by atoms with van der Waals surface area (Å²) in [4.78, 5) is 11.0. The number of anilines is 1. The van der Waals surface area contributed by atoms with Gasteiger partial charge in [-0.15, -0.1) is 0 Å². The van der Waals surface area contributed by atoms with Gasteiger partial charge in [-0.1, -0.05) is 0 Å². The number of methoxy groups -OCH3 is 1. The van der Waals surface area contributed by atoms with Crippen LogP contribution >= 0.6 is 0 Å². The lowest BCUT2D eigenvalue weighted by Gasteiger charge is -2.26. The zero-order valence-corrected chi connectivity index (χ0v) is 11.1. The Bertz CT molecular complexity index is 523. The molecule has 100 valence electrons. The normalized spacial score (nSPS) is 12.8. The highest BCUT2D eigenvalue weighted by Crippen LogP contribution is 2.23. The number of hydrogen-bond acceptors (Lipinski definition) is 4. The minimum absolute atomic E-state index is 0.285. The summed E-state index contributed by atoms with van der Waals surface area (Å²) in [6, 6.07) is 4.97. The summed E-state index contributed by atoms with van der Waals surface area (Å²) in [5.41, 5.74) is 0.285. The van der Waals surface area contributed by atoms with Crippen LogP contribution in [0, 0.1) is 0 Å². The van der Waals surface area contributed by atoms with E-state index >= 15 is 0 Å². The molecule has 1 aromatic rings. The lowest BCUT2D eigenvalue weighted by Crippen LogP contribution is -2.42. The van der Waals surface area contributed by atoms with Crippen molar-refractivity contribution in [2.45, 2.75) is 13.0 Å². The molecule has 0 bridgehead atoms. The first-order chi connectivity index (χ1) is 8.27. The van der Waals surface area contributed by atoms with Crippen LogP contribution in [0.1, 0.15) is 6.92 Å². The lowest BCUT2D eigenvalue weighted by atomic mass is 10.2. The van der Waals surface area contributed by atoms with Gasteiger partial charge in [0.25, 0.3) is 0 Å².